The molecule has 0 fully saturated rings. The number of ether oxygens (including phenoxy) is 1. The van der Waals surface area contributed by atoms with E-state index in [2.05, 4.69) is 0 Å². The molecule has 1 atom stereocenters. The van der Waals surface area contributed by atoms with Crippen molar-refractivity contribution in [1.82, 2.24) is 0 Å². The minimum Gasteiger partial charge on any atom is -0.494 e. The largest absolute Gasteiger partial charge is 0.494 e. The third-order valence-corrected chi connectivity index (χ3v) is 4.41. The van der Waals surface area contributed by atoms with Gasteiger partial charge >= 0.3 is 0 Å². The predicted octanol–water partition coefficient (Wildman–Crippen LogP) is 1.34. The molecular formula is C12H18FNO3S. The van der Waals surface area contributed by atoms with Crippen LogP contribution in [0.1, 0.15) is 12.5 Å². The highest BCUT2D eigenvalue weighted by Crippen LogP contribution is 2.22. The molecule has 4 nitrogen and oxygen atoms in total. The van der Waals surface area contributed by atoms with Crippen molar-refractivity contribution in [3.8, 4) is 5.75 Å². The minimum absolute atomic E-state index is 0.0415. The molecule has 1 aromatic rings. The standard InChI is InChI=1S/C12H18FNO3S/c1-9(6-14)7-18(15,16)8-10-4-3-5-11(17-2)12(10)13/h3-5,9H,6-8,14H2,1-2H3. The van der Waals surface area contributed by atoms with Crippen LogP contribution < -0.4 is 10.5 Å². The molecule has 0 bridgehead atoms. The monoisotopic (exact) mass is 275 g/mol. The van der Waals surface area contributed by atoms with Crippen molar-refractivity contribution in [1.29, 1.82) is 0 Å². The van der Waals surface area contributed by atoms with Gasteiger partial charge in [-0.05, 0) is 18.5 Å². The number of sulfone groups is 1. The number of halogens is 1. The highest BCUT2D eigenvalue weighted by Gasteiger charge is 2.19. The van der Waals surface area contributed by atoms with Crippen LogP contribution in [0.15, 0.2) is 18.2 Å². The van der Waals surface area contributed by atoms with Gasteiger partial charge in [0.1, 0.15) is 0 Å². The second-order valence-electron chi connectivity index (χ2n) is 4.33. The van der Waals surface area contributed by atoms with E-state index in [1.54, 1.807) is 13.0 Å². The summed E-state index contributed by atoms with van der Waals surface area (Å²) < 4.78 is 42.3. The summed E-state index contributed by atoms with van der Waals surface area (Å²) in [6.45, 7) is 2.04. The van der Waals surface area contributed by atoms with E-state index >= 15 is 0 Å². The summed E-state index contributed by atoms with van der Waals surface area (Å²) in [5.41, 5.74) is 5.51. The summed E-state index contributed by atoms with van der Waals surface area (Å²) in [5.74, 6) is -1.08. The summed E-state index contributed by atoms with van der Waals surface area (Å²) in [6.07, 6.45) is 0. The van der Waals surface area contributed by atoms with E-state index in [0.29, 0.717) is 6.54 Å². The molecule has 0 aliphatic rings. The van der Waals surface area contributed by atoms with Crippen molar-refractivity contribution < 1.29 is 17.5 Å². The van der Waals surface area contributed by atoms with E-state index in [1.165, 1.54) is 19.2 Å². The first-order valence-electron chi connectivity index (χ1n) is 5.61. The average Bonchev–Trinajstić information content (AvgIpc) is 2.31. The Labute approximate surface area is 107 Å². The molecule has 0 spiro atoms. The number of benzene rings is 1. The van der Waals surface area contributed by atoms with Gasteiger partial charge in [0.15, 0.2) is 21.4 Å². The van der Waals surface area contributed by atoms with Gasteiger partial charge < -0.3 is 10.5 Å². The molecule has 0 radical (unpaired) electrons. The second kappa shape index (κ2) is 6.15. The maximum Gasteiger partial charge on any atom is 0.169 e. The van der Waals surface area contributed by atoms with Crippen molar-refractivity contribution in [2.75, 3.05) is 19.4 Å². The van der Waals surface area contributed by atoms with Gasteiger partial charge in [0, 0.05) is 5.56 Å². The normalized spacial score (nSPS) is 13.3. The number of hydrogen-bond donors (Lipinski definition) is 1. The fourth-order valence-corrected chi connectivity index (χ4v) is 3.44. The molecule has 1 rings (SSSR count). The molecule has 0 heterocycles. The molecule has 6 heteroatoms. The quantitative estimate of drug-likeness (QED) is 0.850. The van der Waals surface area contributed by atoms with E-state index < -0.39 is 15.7 Å². The van der Waals surface area contributed by atoms with Gasteiger partial charge in [-0.15, -0.1) is 0 Å². The van der Waals surface area contributed by atoms with E-state index in [4.69, 9.17) is 10.5 Å². The van der Waals surface area contributed by atoms with Crippen LogP contribution in [0, 0.1) is 11.7 Å². The van der Waals surface area contributed by atoms with E-state index in [9.17, 15) is 12.8 Å². The Kier molecular flexibility index (Phi) is 5.10. The molecule has 0 amide bonds. The van der Waals surface area contributed by atoms with Crippen LogP contribution in [0.4, 0.5) is 4.39 Å². The Morgan fingerprint density at radius 2 is 2.11 bits per heavy atom. The van der Waals surface area contributed by atoms with Crippen LogP contribution in [0.25, 0.3) is 0 Å². The lowest BCUT2D eigenvalue weighted by Crippen LogP contribution is -2.22. The van der Waals surface area contributed by atoms with Gasteiger partial charge in [0.2, 0.25) is 0 Å². The summed E-state index contributed by atoms with van der Waals surface area (Å²) in [7, 11) is -2.03. The minimum atomic E-state index is -3.37. The summed E-state index contributed by atoms with van der Waals surface area (Å²) >= 11 is 0. The Morgan fingerprint density at radius 3 is 2.67 bits per heavy atom. The van der Waals surface area contributed by atoms with Crippen LogP contribution in [0.5, 0.6) is 5.75 Å². The molecule has 0 aliphatic carbocycles. The molecule has 0 saturated heterocycles. The topological polar surface area (TPSA) is 69.4 Å². The highest BCUT2D eigenvalue weighted by molar-refractivity contribution is 7.90. The Hall–Kier alpha value is -1.14. The molecule has 1 unspecified atom stereocenters. The van der Waals surface area contributed by atoms with Crippen molar-refractivity contribution in [3.05, 3.63) is 29.6 Å². The third kappa shape index (κ3) is 3.96. The zero-order valence-corrected chi connectivity index (χ0v) is 11.3. The molecule has 18 heavy (non-hydrogen) atoms. The Balaban J connectivity index is 2.91. The first-order valence-corrected chi connectivity index (χ1v) is 7.43. The van der Waals surface area contributed by atoms with Gasteiger partial charge in [-0.25, -0.2) is 12.8 Å². The van der Waals surface area contributed by atoms with E-state index in [1.807, 2.05) is 0 Å². The molecule has 0 aliphatic heterocycles. The Morgan fingerprint density at radius 1 is 1.44 bits per heavy atom. The van der Waals surface area contributed by atoms with Gasteiger partial charge in [-0.1, -0.05) is 19.1 Å². The fraction of sp³-hybridized carbons (Fsp3) is 0.500. The average molecular weight is 275 g/mol. The van der Waals surface area contributed by atoms with Crippen molar-refractivity contribution in [2.45, 2.75) is 12.7 Å². The zero-order valence-electron chi connectivity index (χ0n) is 10.5. The van der Waals surface area contributed by atoms with Crippen LogP contribution in [-0.4, -0.2) is 27.8 Å². The van der Waals surface area contributed by atoms with Crippen molar-refractivity contribution >= 4 is 9.84 Å². The summed E-state index contributed by atoms with van der Waals surface area (Å²) in [6, 6.07) is 4.47. The van der Waals surface area contributed by atoms with Crippen molar-refractivity contribution in [3.63, 3.8) is 0 Å². The number of methoxy groups -OCH3 is 1. The fourth-order valence-electron chi connectivity index (χ4n) is 1.62. The SMILES string of the molecule is COc1cccc(CS(=O)(=O)CC(C)CN)c1F. The maximum absolute atomic E-state index is 13.8. The summed E-state index contributed by atoms with van der Waals surface area (Å²) in [4.78, 5) is 0. The first kappa shape index (κ1) is 14.9. The molecule has 102 valence electrons. The lowest BCUT2D eigenvalue weighted by molar-refractivity contribution is 0.385. The lowest BCUT2D eigenvalue weighted by Gasteiger charge is -2.11. The van der Waals surface area contributed by atoms with E-state index in [0.717, 1.165) is 0 Å². The second-order valence-corrected chi connectivity index (χ2v) is 6.44. The molecule has 0 aromatic heterocycles. The van der Waals surface area contributed by atoms with Gasteiger partial charge in [-0.3, -0.25) is 0 Å². The Bertz CT molecular complexity index is 502. The van der Waals surface area contributed by atoms with Crippen LogP contribution in [-0.2, 0) is 15.6 Å². The van der Waals surface area contributed by atoms with Crippen LogP contribution >= 0.6 is 0 Å². The highest BCUT2D eigenvalue weighted by atomic mass is 32.2. The van der Waals surface area contributed by atoms with Crippen LogP contribution in [0.2, 0.25) is 0 Å². The van der Waals surface area contributed by atoms with Crippen LogP contribution in [0.3, 0.4) is 0 Å². The van der Waals surface area contributed by atoms with E-state index in [-0.39, 0.29) is 28.7 Å². The third-order valence-electron chi connectivity index (χ3n) is 2.58. The molecule has 0 saturated carbocycles. The maximum atomic E-state index is 13.8. The number of rotatable bonds is 6. The predicted molar refractivity (Wildman–Crippen MR) is 68.7 cm³/mol. The lowest BCUT2D eigenvalue weighted by atomic mass is 10.2. The summed E-state index contributed by atoms with van der Waals surface area (Å²) in [5, 5.41) is 0. The zero-order chi connectivity index (χ0) is 13.8. The molecular weight excluding hydrogens is 257 g/mol. The molecule has 1 aromatic carbocycles. The van der Waals surface area contributed by atoms with Gasteiger partial charge in [-0.2, -0.15) is 0 Å². The van der Waals surface area contributed by atoms with Gasteiger partial charge in [0.05, 0.1) is 18.6 Å². The number of nitrogens with two attached hydrogens (primary N) is 1. The van der Waals surface area contributed by atoms with Crippen molar-refractivity contribution in [2.24, 2.45) is 11.7 Å². The first-order chi connectivity index (χ1) is 8.39. The number of hydrogen-bond acceptors (Lipinski definition) is 4. The smallest absolute Gasteiger partial charge is 0.169 e. The van der Waals surface area contributed by atoms with Gasteiger partial charge in [0.25, 0.3) is 0 Å². The molecule has 2 N–H and O–H groups in total.